The van der Waals surface area contributed by atoms with Gasteiger partial charge >= 0.3 is 6.18 Å². The molecule has 7 heteroatoms. The van der Waals surface area contributed by atoms with Gasteiger partial charge in [-0.3, -0.25) is 0 Å². The van der Waals surface area contributed by atoms with E-state index in [0.717, 1.165) is 61.8 Å². The van der Waals surface area contributed by atoms with Crippen molar-refractivity contribution < 1.29 is 18.3 Å². The summed E-state index contributed by atoms with van der Waals surface area (Å²) in [6.45, 7) is 4.19. The topological polar surface area (TPSA) is 50.9 Å². The number of nitrogens with zero attached hydrogens (tertiary/aromatic N) is 3. The lowest BCUT2D eigenvalue weighted by molar-refractivity contribution is -0.137. The lowest BCUT2D eigenvalue weighted by Crippen LogP contribution is -2.04. The molecule has 2 aromatic carbocycles. The van der Waals surface area contributed by atoms with Crippen LogP contribution in [0.25, 0.3) is 16.7 Å². The lowest BCUT2D eigenvalue weighted by Gasteiger charge is -2.12. The number of hydrogen-bond acceptors (Lipinski definition) is 3. The summed E-state index contributed by atoms with van der Waals surface area (Å²) < 4.78 is 38.9. The summed E-state index contributed by atoms with van der Waals surface area (Å²) in [5.41, 5.74) is 2.02. The summed E-state index contributed by atoms with van der Waals surface area (Å²) in [4.78, 5) is 1.24. The number of aromatic hydroxyl groups is 1. The molecule has 0 aliphatic heterocycles. The van der Waals surface area contributed by atoms with Crippen molar-refractivity contribution >= 4 is 11.0 Å². The number of phenols is 1. The van der Waals surface area contributed by atoms with Crippen LogP contribution < -0.4 is 0 Å². The zero-order chi connectivity index (χ0) is 20.3. The summed E-state index contributed by atoms with van der Waals surface area (Å²) in [5.74, 6) is 0.0880. The predicted octanol–water partition coefficient (Wildman–Crippen LogP) is 5.83. The van der Waals surface area contributed by atoms with Crippen molar-refractivity contribution in [3.05, 3.63) is 47.0 Å². The molecule has 3 rings (SSSR count). The van der Waals surface area contributed by atoms with E-state index >= 15 is 0 Å². The third-order valence-corrected chi connectivity index (χ3v) is 4.77. The van der Waals surface area contributed by atoms with Gasteiger partial charge in [0.25, 0.3) is 0 Å². The number of alkyl halides is 3. The van der Waals surface area contributed by atoms with Crippen molar-refractivity contribution in [2.45, 2.75) is 58.5 Å². The first kappa shape index (κ1) is 20.2. The number of rotatable bonds is 7. The maximum absolute atomic E-state index is 13.0. The number of aryl methyl sites for hydroxylation is 2. The van der Waals surface area contributed by atoms with Crippen molar-refractivity contribution in [3.8, 4) is 11.4 Å². The largest absolute Gasteiger partial charge is 0.505 e. The predicted molar refractivity (Wildman–Crippen MR) is 103 cm³/mol. The molecule has 0 unspecified atom stereocenters. The normalized spacial score (nSPS) is 12.0. The zero-order valence-corrected chi connectivity index (χ0v) is 16.1. The van der Waals surface area contributed by atoms with Crippen molar-refractivity contribution in [1.29, 1.82) is 0 Å². The fourth-order valence-corrected chi connectivity index (χ4v) is 3.18. The molecule has 0 saturated carbocycles. The van der Waals surface area contributed by atoms with Gasteiger partial charge in [0.05, 0.1) is 5.56 Å². The smallest absolute Gasteiger partial charge is 0.416 e. The highest BCUT2D eigenvalue weighted by molar-refractivity contribution is 5.75. The first-order valence-corrected chi connectivity index (χ1v) is 9.63. The minimum atomic E-state index is -4.44. The maximum atomic E-state index is 13.0. The molecule has 1 N–H and O–H groups in total. The molecular weight excluding hydrogens is 367 g/mol. The Hall–Kier alpha value is -2.57. The Morgan fingerprint density at radius 3 is 2.29 bits per heavy atom. The summed E-state index contributed by atoms with van der Waals surface area (Å²) in [5, 5.41) is 19.2. The SMILES string of the molecule is CCCCc1cc(CCCC)c(O)c(-n2nc3ccc(C(F)(F)F)cc3n2)c1. The van der Waals surface area contributed by atoms with E-state index in [4.69, 9.17) is 0 Å². The molecule has 0 amide bonds. The van der Waals surface area contributed by atoms with Gasteiger partial charge in [0.2, 0.25) is 0 Å². The molecule has 0 radical (unpaired) electrons. The monoisotopic (exact) mass is 391 g/mol. The fraction of sp³-hybridized carbons (Fsp3) is 0.429. The third-order valence-electron chi connectivity index (χ3n) is 4.77. The van der Waals surface area contributed by atoms with E-state index < -0.39 is 11.7 Å². The van der Waals surface area contributed by atoms with E-state index in [1.165, 1.54) is 10.9 Å². The Morgan fingerprint density at radius 1 is 0.929 bits per heavy atom. The summed E-state index contributed by atoms with van der Waals surface area (Å²) in [6, 6.07) is 7.11. The maximum Gasteiger partial charge on any atom is 0.416 e. The molecular formula is C21H24F3N3O. The van der Waals surface area contributed by atoms with E-state index in [1.807, 2.05) is 12.1 Å². The fourth-order valence-electron chi connectivity index (χ4n) is 3.18. The number of fused-ring (bicyclic) bond motifs is 1. The molecule has 0 aliphatic carbocycles. The Balaban J connectivity index is 2.07. The standard InChI is InChI=1S/C21H24F3N3O/c1-3-5-7-14-11-15(8-6-4-2)20(28)19(12-14)27-25-17-10-9-16(21(22,23)24)13-18(17)26-27/h9-13,28H,3-8H2,1-2H3. The molecule has 1 heterocycles. The average molecular weight is 391 g/mol. The number of hydrogen-bond donors (Lipinski definition) is 1. The van der Waals surface area contributed by atoms with E-state index in [9.17, 15) is 18.3 Å². The molecule has 0 atom stereocenters. The Kier molecular flexibility index (Phi) is 5.91. The van der Waals surface area contributed by atoms with Gasteiger partial charge in [-0.2, -0.15) is 13.2 Å². The van der Waals surface area contributed by atoms with Crippen LogP contribution in [0.2, 0.25) is 0 Å². The molecule has 0 aliphatic rings. The minimum Gasteiger partial charge on any atom is -0.505 e. The van der Waals surface area contributed by atoms with Crippen LogP contribution in [0.15, 0.2) is 30.3 Å². The molecule has 3 aromatic rings. The molecule has 1 aromatic heterocycles. The lowest BCUT2D eigenvalue weighted by atomic mass is 10.00. The van der Waals surface area contributed by atoms with Gasteiger partial charge in [0, 0.05) is 0 Å². The highest BCUT2D eigenvalue weighted by Gasteiger charge is 2.31. The summed E-state index contributed by atoms with van der Waals surface area (Å²) in [6.07, 6.45) is 1.15. The van der Waals surface area contributed by atoms with Crippen LogP contribution >= 0.6 is 0 Å². The van der Waals surface area contributed by atoms with Crippen LogP contribution in [-0.4, -0.2) is 20.1 Å². The van der Waals surface area contributed by atoms with Crippen molar-refractivity contribution in [2.75, 3.05) is 0 Å². The quantitative estimate of drug-likeness (QED) is 0.551. The second-order valence-corrected chi connectivity index (χ2v) is 7.02. The number of aromatic nitrogens is 3. The van der Waals surface area contributed by atoms with E-state index in [0.29, 0.717) is 11.2 Å². The highest BCUT2D eigenvalue weighted by atomic mass is 19.4. The van der Waals surface area contributed by atoms with Crippen LogP contribution in [0.3, 0.4) is 0 Å². The number of phenolic OH excluding ortho intramolecular Hbond substituents is 1. The average Bonchev–Trinajstić information content (AvgIpc) is 3.08. The molecule has 150 valence electrons. The van der Waals surface area contributed by atoms with Gasteiger partial charge in [-0.1, -0.05) is 32.8 Å². The van der Waals surface area contributed by atoms with Crippen LogP contribution in [0.5, 0.6) is 5.75 Å². The van der Waals surface area contributed by atoms with Crippen LogP contribution in [0.4, 0.5) is 13.2 Å². The van der Waals surface area contributed by atoms with Crippen LogP contribution in [-0.2, 0) is 19.0 Å². The van der Waals surface area contributed by atoms with Gasteiger partial charge in [0.15, 0.2) is 0 Å². The van der Waals surface area contributed by atoms with Crippen molar-refractivity contribution in [1.82, 2.24) is 15.0 Å². The second-order valence-electron chi connectivity index (χ2n) is 7.02. The zero-order valence-electron chi connectivity index (χ0n) is 16.1. The number of benzene rings is 2. The second kappa shape index (κ2) is 8.20. The molecule has 0 bridgehead atoms. The third kappa shape index (κ3) is 4.29. The Morgan fingerprint density at radius 2 is 1.61 bits per heavy atom. The van der Waals surface area contributed by atoms with Crippen LogP contribution in [0.1, 0.15) is 56.2 Å². The van der Waals surface area contributed by atoms with E-state index in [1.54, 1.807) is 0 Å². The van der Waals surface area contributed by atoms with E-state index in [-0.39, 0.29) is 11.3 Å². The molecule has 28 heavy (non-hydrogen) atoms. The van der Waals surface area contributed by atoms with Gasteiger partial charge < -0.3 is 5.11 Å². The van der Waals surface area contributed by atoms with Crippen molar-refractivity contribution in [3.63, 3.8) is 0 Å². The van der Waals surface area contributed by atoms with E-state index in [2.05, 4.69) is 24.0 Å². The molecule has 0 fully saturated rings. The Bertz CT molecular complexity index is 963. The van der Waals surface area contributed by atoms with Gasteiger partial charge in [-0.15, -0.1) is 15.0 Å². The molecule has 0 spiro atoms. The minimum absolute atomic E-state index is 0.0880. The first-order valence-electron chi connectivity index (χ1n) is 9.63. The van der Waals surface area contributed by atoms with Crippen LogP contribution in [0, 0.1) is 0 Å². The van der Waals surface area contributed by atoms with Crippen molar-refractivity contribution in [2.24, 2.45) is 0 Å². The number of unbranched alkanes of at least 4 members (excludes halogenated alkanes) is 2. The molecule has 4 nitrogen and oxygen atoms in total. The molecule has 0 saturated heterocycles. The highest BCUT2D eigenvalue weighted by Crippen LogP contribution is 2.32. The van der Waals surface area contributed by atoms with Gasteiger partial charge in [-0.25, -0.2) is 0 Å². The first-order chi connectivity index (χ1) is 13.3. The number of halogens is 3. The van der Waals surface area contributed by atoms with Gasteiger partial charge in [-0.05, 0) is 61.1 Å². The Labute approximate surface area is 162 Å². The van der Waals surface area contributed by atoms with Gasteiger partial charge in [0.1, 0.15) is 22.5 Å². The summed E-state index contributed by atoms with van der Waals surface area (Å²) >= 11 is 0. The summed E-state index contributed by atoms with van der Waals surface area (Å²) in [7, 11) is 0.